The lowest BCUT2D eigenvalue weighted by molar-refractivity contribution is -0.141. The predicted octanol–water partition coefficient (Wildman–Crippen LogP) is 1.05. The van der Waals surface area contributed by atoms with E-state index in [2.05, 4.69) is 4.99 Å². The maximum atomic E-state index is 12.9. The summed E-state index contributed by atoms with van der Waals surface area (Å²) in [6, 6.07) is 9.59. The second-order valence-corrected chi connectivity index (χ2v) is 12.3. The second-order valence-electron chi connectivity index (χ2n) is 7.77. The first-order valence-electron chi connectivity index (χ1n) is 10.4. The Morgan fingerprint density at radius 3 is 2.26 bits per heavy atom. The van der Waals surface area contributed by atoms with E-state index in [1.807, 2.05) is 0 Å². The fraction of sp³-hybridized carbons (Fsp3) is 0.286. The van der Waals surface area contributed by atoms with E-state index in [9.17, 15) is 26.4 Å². The van der Waals surface area contributed by atoms with E-state index in [0.717, 1.165) is 24.2 Å². The van der Waals surface area contributed by atoms with Gasteiger partial charge in [0.25, 0.3) is 5.91 Å². The molecule has 2 N–H and O–H groups in total. The van der Waals surface area contributed by atoms with E-state index < -0.39 is 31.9 Å². The van der Waals surface area contributed by atoms with E-state index in [4.69, 9.17) is 9.88 Å². The van der Waals surface area contributed by atoms with E-state index in [0.29, 0.717) is 23.3 Å². The van der Waals surface area contributed by atoms with Crippen LogP contribution in [0.15, 0.2) is 57.2 Å². The van der Waals surface area contributed by atoms with Crippen LogP contribution in [0.1, 0.15) is 23.2 Å². The zero-order valence-corrected chi connectivity index (χ0v) is 21.0. The van der Waals surface area contributed by atoms with Crippen molar-refractivity contribution in [3.63, 3.8) is 0 Å². The molecule has 11 nitrogen and oxygen atoms in total. The Bertz CT molecular complexity index is 1580. The van der Waals surface area contributed by atoms with Gasteiger partial charge in [0.2, 0.25) is 20.0 Å². The van der Waals surface area contributed by atoms with Crippen LogP contribution >= 0.6 is 11.3 Å². The average Bonchev–Trinajstić information content (AvgIpc) is 3.47. The number of rotatable bonds is 6. The van der Waals surface area contributed by atoms with Crippen molar-refractivity contribution >= 4 is 53.5 Å². The van der Waals surface area contributed by atoms with Crippen molar-refractivity contribution in [3.8, 4) is 0 Å². The molecule has 0 spiro atoms. The molecule has 14 heteroatoms. The van der Waals surface area contributed by atoms with Gasteiger partial charge < -0.3 is 9.30 Å². The second kappa shape index (κ2) is 9.62. The number of hydrogen-bond donors (Lipinski definition) is 1. The topological polar surface area (TPSA) is 158 Å². The number of primary sulfonamides is 1. The molecule has 0 bridgehead atoms. The summed E-state index contributed by atoms with van der Waals surface area (Å²) >= 11 is 0.999. The minimum absolute atomic E-state index is 0.0918. The van der Waals surface area contributed by atoms with Crippen LogP contribution in [-0.2, 0) is 36.1 Å². The smallest absolute Gasteiger partial charge is 0.325 e. The minimum Gasteiger partial charge on any atom is -0.468 e. The minimum atomic E-state index is -3.96. The Morgan fingerprint density at radius 1 is 1.03 bits per heavy atom. The molecule has 1 aromatic heterocycles. The Kier molecular flexibility index (Phi) is 6.92. The maximum absolute atomic E-state index is 12.9. The number of benzene rings is 2. The highest BCUT2D eigenvalue weighted by Gasteiger charge is 2.27. The van der Waals surface area contributed by atoms with Crippen LogP contribution < -0.4 is 9.94 Å². The molecule has 2 heterocycles. The van der Waals surface area contributed by atoms with Crippen LogP contribution in [0.2, 0.25) is 0 Å². The van der Waals surface area contributed by atoms with E-state index in [1.54, 1.807) is 0 Å². The van der Waals surface area contributed by atoms with Crippen molar-refractivity contribution in [1.29, 1.82) is 0 Å². The molecule has 1 fully saturated rings. The van der Waals surface area contributed by atoms with Crippen molar-refractivity contribution in [3.05, 3.63) is 52.8 Å². The molecule has 0 unspecified atom stereocenters. The first kappa shape index (κ1) is 25.2. The Labute approximate surface area is 205 Å². The average molecular weight is 539 g/mol. The molecule has 186 valence electrons. The molecule has 1 saturated heterocycles. The van der Waals surface area contributed by atoms with Crippen LogP contribution in [0.25, 0.3) is 10.2 Å². The molecular formula is C21H22N4O7S3. The molecule has 2 aromatic carbocycles. The first-order chi connectivity index (χ1) is 16.5. The van der Waals surface area contributed by atoms with Crippen LogP contribution in [0.4, 0.5) is 0 Å². The van der Waals surface area contributed by atoms with Crippen LogP contribution in [0, 0.1) is 0 Å². The van der Waals surface area contributed by atoms with Crippen molar-refractivity contribution in [2.45, 2.75) is 29.2 Å². The van der Waals surface area contributed by atoms with Gasteiger partial charge in [-0.15, -0.1) is 0 Å². The van der Waals surface area contributed by atoms with Crippen molar-refractivity contribution < 1.29 is 31.2 Å². The van der Waals surface area contributed by atoms with E-state index in [-0.39, 0.29) is 26.7 Å². The van der Waals surface area contributed by atoms with Gasteiger partial charge >= 0.3 is 5.97 Å². The van der Waals surface area contributed by atoms with Crippen molar-refractivity contribution in [2.24, 2.45) is 10.1 Å². The number of aromatic nitrogens is 1. The van der Waals surface area contributed by atoms with E-state index in [1.165, 1.54) is 58.4 Å². The number of methoxy groups -OCH3 is 1. The third-order valence-electron chi connectivity index (χ3n) is 5.50. The summed E-state index contributed by atoms with van der Waals surface area (Å²) in [6.45, 7) is 0.680. The SMILES string of the molecule is COC(=O)Cn1c(=NC(=O)c2ccc(S(=O)(=O)N3CCCC3)cc2)sc2cc(S(N)(=O)=O)ccc21. The lowest BCUT2D eigenvalue weighted by Gasteiger charge is -2.15. The van der Waals surface area contributed by atoms with Gasteiger partial charge in [0, 0.05) is 18.7 Å². The number of nitrogens with two attached hydrogens (primary N) is 1. The molecule has 0 atom stereocenters. The standard InChI is InChI=1S/C21H22N4O7S3/c1-32-19(26)13-25-17-9-8-16(34(22,28)29)12-18(17)33-21(25)23-20(27)14-4-6-15(7-5-14)35(30,31)24-10-2-3-11-24/h4-9,12H,2-3,10-11,13H2,1H3,(H2,22,28,29). The number of ether oxygens (including phenoxy) is 1. The lowest BCUT2D eigenvalue weighted by Crippen LogP contribution is -2.27. The third kappa shape index (κ3) is 5.21. The summed E-state index contributed by atoms with van der Waals surface area (Å²) in [4.78, 5) is 29.0. The number of amides is 1. The summed E-state index contributed by atoms with van der Waals surface area (Å²) in [6.07, 6.45) is 1.63. The summed E-state index contributed by atoms with van der Waals surface area (Å²) < 4.78 is 56.8. The Hall–Kier alpha value is -2.91. The molecule has 1 aliphatic rings. The fourth-order valence-corrected chi connectivity index (χ4v) is 6.86. The van der Waals surface area contributed by atoms with Gasteiger partial charge in [-0.3, -0.25) is 9.59 Å². The van der Waals surface area contributed by atoms with E-state index >= 15 is 0 Å². The lowest BCUT2D eigenvalue weighted by atomic mass is 10.2. The highest BCUT2D eigenvalue weighted by molar-refractivity contribution is 7.89. The molecule has 0 radical (unpaired) electrons. The summed E-state index contributed by atoms with van der Waals surface area (Å²) in [5, 5.41) is 5.21. The number of hydrogen-bond acceptors (Lipinski definition) is 8. The van der Waals surface area contributed by atoms with Gasteiger partial charge in [-0.25, -0.2) is 22.0 Å². The van der Waals surface area contributed by atoms with Gasteiger partial charge in [0.15, 0.2) is 4.80 Å². The highest BCUT2D eigenvalue weighted by Crippen LogP contribution is 2.23. The summed E-state index contributed by atoms with van der Waals surface area (Å²) in [5.74, 6) is -1.25. The quantitative estimate of drug-likeness (QED) is 0.459. The number of sulfonamides is 2. The normalized spacial score (nSPS) is 15.5. The van der Waals surface area contributed by atoms with Gasteiger partial charge in [0.05, 0.1) is 27.1 Å². The third-order valence-corrected chi connectivity index (χ3v) is 9.36. The molecule has 3 aromatic rings. The largest absolute Gasteiger partial charge is 0.468 e. The molecule has 0 aliphatic carbocycles. The van der Waals surface area contributed by atoms with Crippen LogP contribution in [-0.4, -0.2) is 57.8 Å². The number of nitrogens with zero attached hydrogens (tertiary/aromatic N) is 3. The molecule has 1 amide bonds. The number of carbonyl (C=O) groups excluding carboxylic acids is 2. The summed E-state index contributed by atoms with van der Waals surface area (Å²) in [7, 11) is -6.36. The van der Waals surface area contributed by atoms with Crippen LogP contribution in [0.3, 0.4) is 0 Å². The Balaban J connectivity index is 1.73. The predicted molar refractivity (Wildman–Crippen MR) is 128 cm³/mol. The van der Waals surface area contributed by atoms with Gasteiger partial charge in [-0.05, 0) is 55.3 Å². The van der Waals surface area contributed by atoms with Crippen LogP contribution in [0.5, 0.6) is 0 Å². The number of thiazole rings is 1. The maximum Gasteiger partial charge on any atom is 0.325 e. The number of esters is 1. The van der Waals surface area contributed by atoms with Crippen molar-refractivity contribution in [1.82, 2.24) is 8.87 Å². The molecular weight excluding hydrogens is 516 g/mol. The summed E-state index contributed by atoms with van der Waals surface area (Å²) in [5.41, 5.74) is 0.615. The first-order valence-corrected chi connectivity index (χ1v) is 14.2. The molecule has 4 rings (SSSR count). The Morgan fingerprint density at radius 2 is 1.66 bits per heavy atom. The van der Waals surface area contributed by atoms with Gasteiger partial charge in [-0.2, -0.15) is 9.30 Å². The highest BCUT2D eigenvalue weighted by atomic mass is 32.2. The van der Waals surface area contributed by atoms with Gasteiger partial charge in [0.1, 0.15) is 6.54 Å². The van der Waals surface area contributed by atoms with Gasteiger partial charge in [-0.1, -0.05) is 11.3 Å². The fourth-order valence-electron chi connectivity index (χ4n) is 3.66. The number of carbonyl (C=O) groups is 2. The monoisotopic (exact) mass is 538 g/mol. The molecule has 35 heavy (non-hydrogen) atoms. The van der Waals surface area contributed by atoms with Crippen molar-refractivity contribution in [2.75, 3.05) is 20.2 Å². The zero-order chi connectivity index (χ0) is 25.4. The molecule has 0 saturated carbocycles. The zero-order valence-electron chi connectivity index (χ0n) is 18.6. The molecule has 1 aliphatic heterocycles. The number of fused-ring (bicyclic) bond motifs is 1.